The van der Waals surface area contributed by atoms with Crippen LogP contribution in [0.1, 0.15) is 23.7 Å². The number of hydrogen-bond donors (Lipinski definition) is 2. The van der Waals surface area contributed by atoms with Crippen molar-refractivity contribution < 1.29 is 14.0 Å². The quantitative estimate of drug-likeness (QED) is 0.891. The second-order valence-electron chi connectivity index (χ2n) is 4.94. The smallest absolute Gasteiger partial charge is 0.253 e. The molecule has 1 aliphatic heterocycles. The number of carbonyl (C=O) groups excluding carboxylic acids is 2. The van der Waals surface area contributed by atoms with E-state index in [1.807, 2.05) is 0 Å². The first-order chi connectivity index (χ1) is 9.49. The fourth-order valence-electron chi connectivity index (χ4n) is 2.28. The monoisotopic (exact) mass is 315 g/mol. The molecule has 2 rings (SSSR count). The minimum atomic E-state index is -0.554. The molecule has 0 aromatic heterocycles. The molecule has 7 heteroatoms. The summed E-state index contributed by atoms with van der Waals surface area (Å²) in [4.78, 5) is 25.0. The van der Waals surface area contributed by atoms with Crippen LogP contribution in [0, 0.1) is 5.82 Å². The molecule has 1 atom stereocenters. The van der Waals surface area contributed by atoms with Crippen molar-refractivity contribution in [2.75, 3.05) is 25.5 Å². The van der Waals surface area contributed by atoms with Gasteiger partial charge in [0.25, 0.3) is 5.91 Å². The van der Waals surface area contributed by atoms with Gasteiger partial charge < -0.3 is 15.5 Å². The van der Waals surface area contributed by atoms with Gasteiger partial charge in [-0.15, -0.1) is 12.4 Å². The zero-order chi connectivity index (χ0) is 14.7. The Hall–Kier alpha value is -1.66. The number of nitrogens with one attached hydrogen (secondary N) is 2. The predicted molar refractivity (Wildman–Crippen MR) is 81.3 cm³/mol. The van der Waals surface area contributed by atoms with Gasteiger partial charge in [-0.2, -0.15) is 0 Å². The average Bonchev–Trinajstić information content (AvgIpc) is 2.93. The predicted octanol–water partition coefficient (Wildman–Crippen LogP) is 1.64. The highest BCUT2D eigenvalue weighted by Gasteiger charge is 2.24. The lowest BCUT2D eigenvalue weighted by atomic mass is 10.1. The van der Waals surface area contributed by atoms with Crippen LogP contribution in [0.3, 0.4) is 0 Å². The van der Waals surface area contributed by atoms with Crippen LogP contribution in [0.2, 0.25) is 0 Å². The summed E-state index contributed by atoms with van der Waals surface area (Å²) >= 11 is 0. The molecule has 1 unspecified atom stereocenters. The first-order valence-corrected chi connectivity index (χ1v) is 6.54. The minimum Gasteiger partial charge on any atom is -0.337 e. The van der Waals surface area contributed by atoms with Crippen LogP contribution in [-0.2, 0) is 4.79 Å². The van der Waals surface area contributed by atoms with Gasteiger partial charge in [-0.1, -0.05) is 0 Å². The third-order valence-corrected chi connectivity index (χ3v) is 3.43. The molecule has 1 aromatic rings. The van der Waals surface area contributed by atoms with Crippen LogP contribution in [0.5, 0.6) is 0 Å². The Labute approximate surface area is 129 Å². The molecule has 0 bridgehead atoms. The van der Waals surface area contributed by atoms with E-state index in [0.717, 1.165) is 19.5 Å². The summed E-state index contributed by atoms with van der Waals surface area (Å²) in [5, 5.41) is 5.58. The van der Waals surface area contributed by atoms with Crippen LogP contribution in [0.4, 0.5) is 10.1 Å². The SMILES string of the molecule is CC(=O)Nc1cc(C(=O)N(C)C2CCNC2)ccc1F.Cl. The van der Waals surface area contributed by atoms with E-state index in [0.29, 0.717) is 5.56 Å². The number of nitrogens with zero attached hydrogens (tertiary/aromatic N) is 1. The van der Waals surface area contributed by atoms with E-state index in [1.54, 1.807) is 11.9 Å². The number of amides is 2. The molecule has 1 fully saturated rings. The van der Waals surface area contributed by atoms with Gasteiger partial charge in [0.05, 0.1) is 5.69 Å². The van der Waals surface area contributed by atoms with Crippen molar-refractivity contribution in [3.8, 4) is 0 Å². The van der Waals surface area contributed by atoms with Crippen LogP contribution in [0.25, 0.3) is 0 Å². The van der Waals surface area contributed by atoms with Gasteiger partial charge in [0.1, 0.15) is 5.82 Å². The largest absolute Gasteiger partial charge is 0.337 e. The number of benzene rings is 1. The summed E-state index contributed by atoms with van der Waals surface area (Å²) in [5.41, 5.74) is 0.394. The highest BCUT2D eigenvalue weighted by atomic mass is 35.5. The number of hydrogen-bond acceptors (Lipinski definition) is 3. The highest BCUT2D eigenvalue weighted by molar-refractivity contribution is 5.97. The van der Waals surface area contributed by atoms with Crippen molar-refractivity contribution in [3.63, 3.8) is 0 Å². The van der Waals surface area contributed by atoms with Gasteiger partial charge in [0, 0.05) is 32.1 Å². The second-order valence-corrected chi connectivity index (χ2v) is 4.94. The topological polar surface area (TPSA) is 61.4 Å². The highest BCUT2D eigenvalue weighted by Crippen LogP contribution is 2.18. The van der Waals surface area contributed by atoms with Crippen LogP contribution in [-0.4, -0.2) is 42.9 Å². The first-order valence-electron chi connectivity index (χ1n) is 6.54. The number of halogens is 2. The summed E-state index contributed by atoms with van der Waals surface area (Å²) in [6.45, 7) is 2.95. The van der Waals surface area contributed by atoms with E-state index >= 15 is 0 Å². The van der Waals surface area contributed by atoms with E-state index in [4.69, 9.17) is 0 Å². The van der Waals surface area contributed by atoms with E-state index in [1.165, 1.54) is 25.1 Å². The van der Waals surface area contributed by atoms with E-state index in [-0.39, 0.29) is 36.0 Å². The third-order valence-electron chi connectivity index (χ3n) is 3.43. The van der Waals surface area contributed by atoms with E-state index in [2.05, 4.69) is 10.6 Å². The molecule has 21 heavy (non-hydrogen) atoms. The molecule has 0 spiro atoms. The Morgan fingerprint density at radius 3 is 2.71 bits per heavy atom. The summed E-state index contributed by atoms with van der Waals surface area (Å²) in [7, 11) is 1.74. The van der Waals surface area contributed by atoms with Crippen molar-refractivity contribution in [1.82, 2.24) is 10.2 Å². The maximum absolute atomic E-state index is 13.5. The molecule has 1 aliphatic rings. The van der Waals surface area contributed by atoms with Gasteiger partial charge in [0.2, 0.25) is 5.91 Å². The van der Waals surface area contributed by atoms with E-state index in [9.17, 15) is 14.0 Å². The van der Waals surface area contributed by atoms with Crippen molar-refractivity contribution in [1.29, 1.82) is 0 Å². The van der Waals surface area contributed by atoms with Crippen molar-refractivity contribution in [2.45, 2.75) is 19.4 Å². The molecule has 1 saturated heterocycles. The third kappa shape index (κ3) is 4.15. The standard InChI is InChI=1S/C14H18FN3O2.ClH/c1-9(19)17-13-7-10(3-4-12(13)15)14(20)18(2)11-5-6-16-8-11;/h3-4,7,11,16H,5-6,8H2,1-2H3,(H,17,19);1H. The second kappa shape index (κ2) is 7.38. The van der Waals surface area contributed by atoms with Gasteiger partial charge in [-0.3, -0.25) is 9.59 Å². The van der Waals surface area contributed by atoms with Gasteiger partial charge in [-0.05, 0) is 31.2 Å². The zero-order valence-corrected chi connectivity index (χ0v) is 12.8. The molecule has 1 heterocycles. The average molecular weight is 316 g/mol. The summed E-state index contributed by atoms with van der Waals surface area (Å²) in [5.74, 6) is -1.10. The van der Waals surface area contributed by atoms with Crippen LogP contribution < -0.4 is 10.6 Å². The Balaban J connectivity index is 0.00000220. The fraction of sp³-hybridized carbons (Fsp3) is 0.429. The Bertz CT molecular complexity index is 533. The summed E-state index contributed by atoms with van der Waals surface area (Å²) < 4.78 is 13.5. The van der Waals surface area contributed by atoms with Gasteiger partial charge in [-0.25, -0.2) is 4.39 Å². The molecule has 2 amide bonds. The number of rotatable bonds is 3. The van der Waals surface area contributed by atoms with E-state index < -0.39 is 5.82 Å². The Kier molecular flexibility index (Phi) is 6.11. The molecule has 0 saturated carbocycles. The number of anilines is 1. The Morgan fingerprint density at radius 2 is 2.14 bits per heavy atom. The van der Waals surface area contributed by atoms with Crippen molar-refractivity contribution in [3.05, 3.63) is 29.6 Å². The normalized spacial score (nSPS) is 17.0. The fourth-order valence-corrected chi connectivity index (χ4v) is 2.28. The van der Waals surface area contributed by atoms with Gasteiger partial charge >= 0.3 is 0 Å². The summed E-state index contributed by atoms with van der Waals surface area (Å²) in [6.07, 6.45) is 0.905. The van der Waals surface area contributed by atoms with Crippen LogP contribution >= 0.6 is 12.4 Å². The molecular weight excluding hydrogens is 297 g/mol. The minimum absolute atomic E-state index is 0. The van der Waals surface area contributed by atoms with Crippen molar-refractivity contribution in [2.24, 2.45) is 0 Å². The molecule has 0 aliphatic carbocycles. The molecule has 116 valence electrons. The molecule has 0 radical (unpaired) electrons. The van der Waals surface area contributed by atoms with Crippen LogP contribution in [0.15, 0.2) is 18.2 Å². The van der Waals surface area contributed by atoms with Crippen molar-refractivity contribution >= 4 is 29.9 Å². The number of likely N-dealkylation sites (N-methyl/N-ethyl adjacent to an activating group) is 1. The molecule has 1 aromatic carbocycles. The lowest BCUT2D eigenvalue weighted by molar-refractivity contribution is -0.114. The number of carbonyl (C=O) groups is 2. The molecular formula is C14H19ClFN3O2. The first kappa shape index (κ1) is 17.4. The Morgan fingerprint density at radius 1 is 1.43 bits per heavy atom. The lowest BCUT2D eigenvalue weighted by Gasteiger charge is -2.24. The lowest BCUT2D eigenvalue weighted by Crippen LogP contribution is -2.38. The maximum atomic E-state index is 13.5. The summed E-state index contributed by atoms with van der Waals surface area (Å²) in [6, 6.07) is 4.15. The molecule has 5 nitrogen and oxygen atoms in total. The molecule has 2 N–H and O–H groups in total. The zero-order valence-electron chi connectivity index (χ0n) is 12.0. The maximum Gasteiger partial charge on any atom is 0.253 e. The van der Waals surface area contributed by atoms with Gasteiger partial charge in [0.15, 0.2) is 0 Å².